The normalized spacial score (nSPS) is 17.8. The van der Waals surface area contributed by atoms with Gasteiger partial charge in [0.25, 0.3) is 0 Å². The van der Waals surface area contributed by atoms with E-state index in [-0.39, 0.29) is 5.54 Å². The Bertz CT molecular complexity index is 1210. The molecule has 0 aliphatic carbocycles. The minimum Gasteiger partial charge on any atom is -0.497 e. The number of hydrogen-bond donors (Lipinski definition) is 1. The van der Waals surface area contributed by atoms with Gasteiger partial charge in [0.2, 0.25) is 10.0 Å². The van der Waals surface area contributed by atoms with Crippen LogP contribution in [0, 0.1) is 6.92 Å². The van der Waals surface area contributed by atoms with Crippen molar-refractivity contribution < 1.29 is 13.2 Å². The Balaban J connectivity index is 1.46. The van der Waals surface area contributed by atoms with Gasteiger partial charge in [-0.2, -0.15) is 4.31 Å². The Labute approximate surface area is 177 Å². The molecule has 0 unspecified atom stereocenters. The molecule has 2 aliphatic rings. The summed E-state index contributed by atoms with van der Waals surface area (Å²) in [6.07, 6.45) is 3.45. The summed E-state index contributed by atoms with van der Waals surface area (Å²) in [5.74, 6) is 0.798. The van der Waals surface area contributed by atoms with Crippen LogP contribution in [0.15, 0.2) is 65.7 Å². The average molecular weight is 424 g/mol. The molecule has 2 aromatic carbocycles. The zero-order valence-electron chi connectivity index (χ0n) is 17.1. The number of nitrogens with one attached hydrogen (secondary N) is 1. The van der Waals surface area contributed by atoms with E-state index in [0.717, 1.165) is 22.7 Å². The van der Waals surface area contributed by atoms with Crippen molar-refractivity contribution in [2.45, 2.75) is 30.2 Å². The summed E-state index contributed by atoms with van der Waals surface area (Å²) in [6.45, 7) is 2.84. The number of sulfonamides is 1. The molecule has 0 saturated carbocycles. The highest BCUT2D eigenvalue weighted by Gasteiger charge is 2.43. The number of nitrogens with zero attached hydrogens (tertiary/aromatic N) is 2. The molecule has 3 heterocycles. The van der Waals surface area contributed by atoms with Gasteiger partial charge in [-0.15, -0.1) is 0 Å². The maximum Gasteiger partial charge on any atom is 0.243 e. The molecule has 7 heteroatoms. The number of anilines is 1. The SMILES string of the molecule is COc1ccc2c(c1)NC1(CCN(S(=O)(=O)c3cccc(C)c3)CC1)c1cccn1-2. The zero-order valence-corrected chi connectivity index (χ0v) is 17.9. The van der Waals surface area contributed by atoms with Crippen LogP contribution in [0.1, 0.15) is 24.1 Å². The lowest BCUT2D eigenvalue weighted by molar-refractivity contribution is 0.247. The highest BCUT2D eigenvalue weighted by atomic mass is 32.2. The van der Waals surface area contributed by atoms with E-state index in [1.807, 2.05) is 31.2 Å². The molecule has 2 aliphatic heterocycles. The highest BCUT2D eigenvalue weighted by Crippen LogP contribution is 2.44. The van der Waals surface area contributed by atoms with Gasteiger partial charge in [-0.3, -0.25) is 0 Å². The van der Waals surface area contributed by atoms with Crippen LogP contribution in [-0.2, 0) is 15.6 Å². The first-order valence-electron chi connectivity index (χ1n) is 10.1. The largest absolute Gasteiger partial charge is 0.497 e. The second-order valence-electron chi connectivity index (χ2n) is 8.07. The van der Waals surface area contributed by atoms with E-state index >= 15 is 0 Å². The minimum absolute atomic E-state index is 0.304. The molecular weight excluding hydrogens is 398 g/mol. The van der Waals surface area contributed by atoms with Crippen LogP contribution < -0.4 is 10.1 Å². The van der Waals surface area contributed by atoms with Crippen LogP contribution in [0.5, 0.6) is 5.75 Å². The van der Waals surface area contributed by atoms with Gasteiger partial charge >= 0.3 is 0 Å². The first kappa shape index (κ1) is 19.2. The lowest BCUT2D eigenvalue weighted by atomic mass is 9.83. The second-order valence-corrected chi connectivity index (χ2v) is 10.0. The first-order chi connectivity index (χ1) is 14.4. The van der Waals surface area contributed by atoms with Gasteiger partial charge in [0.15, 0.2) is 0 Å². The lowest BCUT2D eigenvalue weighted by Crippen LogP contribution is -2.50. The Morgan fingerprint density at radius 3 is 2.57 bits per heavy atom. The van der Waals surface area contributed by atoms with Crippen LogP contribution in [0.3, 0.4) is 0 Å². The smallest absolute Gasteiger partial charge is 0.243 e. The topological polar surface area (TPSA) is 63.6 Å². The Morgan fingerprint density at radius 2 is 1.83 bits per heavy atom. The second kappa shape index (κ2) is 6.89. The van der Waals surface area contributed by atoms with Gasteiger partial charge in [0.05, 0.1) is 28.9 Å². The number of fused-ring (bicyclic) bond motifs is 4. The summed E-state index contributed by atoms with van der Waals surface area (Å²) >= 11 is 0. The van der Waals surface area contributed by atoms with Crippen LogP contribution >= 0.6 is 0 Å². The van der Waals surface area contributed by atoms with E-state index in [0.29, 0.717) is 30.8 Å². The van der Waals surface area contributed by atoms with Crippen LogP contribution in [0.2, 0.25) is 0 Å². The number of benzene rings is 2. The molecular formula is C23H25N3O3S. The number of ether oxygens (including phenoxy) is 1. The summed E-state index contributed by atoms with van der Waals surface area (Å²) in [5.41, 5.74) is 3.90. The summed E-state index contributed by atoms with van der Waals surface area (Å²) in [7, 11) is -1.83. The van der Waals surface area contributed by atoms with Gasteiger partial charge in [-0.1, -0.05) is 12.1 Å². The predicted octanol–water partition coefficient (Wildman–Crippen LogP) is 3.90. The van der Waals surface area contributed by atoms with E-state index in [9.17, 15) is 8.42 Å². The number of aromatic nitrogens is 1. The van der Waals surface area contributed by atoms with Gasteiger partial charge in [0.1, 0.15) is 5.75 Å². The summed E-state index contributed by atoms with van der Waals surface area (Å²) in [4.78, 5) is 0.369. The molecule has 1 spiro atoms. The Hall–Kier alpha value is -2.77. The van der Waals surface area contributed by atoms with Crippen LogP contribution in [-0.4, -0.2) is 37.5 Å². The first-order valence-corrected chi connectivity index (χ1v) is 11.6. The molecule has 1 N–H and O–H groups in total. The van der Waals surface area contributed by atoms with Gasteiger partial charge in [-0.25, -0.2) is 8.42 Å². The summed E-state index contributed by atoms with van der Waals surface area (Å²) < 4.78 is 35.6. The van der Waals surface area contributed by atoms with Gasteiger partial charge in [-0.05, 0) is 61.7 Å². The van der Waals surface area contributed by atoms with E-state index in [2.05, 4.69) is 28.2 Å². The standard InChI is InChI=1S/C23H25N3O3S/c1-17-5-3-6-19(15-17)30(27,28)25-13-10-23(11-14-25)22-7-4-12-26(22)21-9-8-18(29-2)16-20(21)24-23/h3-9,12,15-16,24H,10-11,13-14H2,1-2H3. The van der Waals surface area contributed by atoms with Crippen molar-refractivity contribution in [2.75, 3.05) is 25.5 Å². The molecule has 3 aromatic rings. The summed E-state index contributed by atoms with van der Waals surface area (Å²) in [6, 6.07) is 17.3. The van der Waals surface area contributed by atoms with E-state index in [1.54, 1.807) is 29.6 Å². The van der Waals surface area contributed by atoms with Crippen molar-refractivity contribution in [1.82, 2.24) is 8.87 Å². The Kier molecular flexibility index (Phi) is 4.41. The maximum atomic E-state index is 13.2. The minimum atomic E-state index is -3.50. The molecule has 156 valence electrons. The third-order valence-electron chi connectivity index (χ3n) is 6.28. The van der Waals surface area contributed by atoms with E-state index < -0.39 is 10.0 Å². The molecule has 1 saturated heterocycles. The Morgan fingerprint density at radius 1 is 1.03 bits per heavy atom. The molecule has 0 amide bonds. The van der Waals surface area contributed by atoms with Gasteiger partial charge in [0, 0.05) is 31.0 Å². The third kappa shape index (κ3) is 2.92. The quantitative estimate of drug-likeness (QED) is 0.694. The molecule has 0 atom stereocenters. The molecule has 1 fully saturated rings. The van der Waals surface area contributed by atoms with Crippen molar-refractivity contribution in [1.29, 1.82) is 0 Å². The van der Waals surface area contributed by atoms with E-state index in [4.69, 9.17) is 4.74 Å². The fourth-order valence-electron chi connectivity index (χ4n) is 4.67. The van der Waals surface area contributed by atoms with Crippen molar-refractivity contribution >= 4 is 15.7 Å². The number of hydrogen-bond acceptors (Lipinski definition) is 4. The average Bonchev–Trinajstić information content (AvgIpc) is 3.25. The molecule has 0 bridgehead atoms. The van der Waals surface area contributed by atoms with Crippen LogP contribution in [0.4, 0.5) is 5.69 Å². The predicted molar refractivity (Wildman–Crippen MR) is 117 cm³/mol. The molecule has 30 heavy (non-hydrogen) atoms. The molecule has 0 radical (unpaired) electrons. The van der Waals surface area contributed by atoms with Crippen molar-refractivity contribution in [2.24, 2.45) is 0 Å². The highest BCUT2D eigenvalue weighted by molar-refractivity contribution is 7.89. The molecule has 5 rings (SSSR count). The third-order valence-corrected chi connectivity index (χ3v) is 8.17. The molecule has 1 aromatic heterocycles. The number of aryl methyl sites for hydroxylation is 1. The zero-order chi connectivity index (χ0) is 20.9. The number of methoxy groups -OCH3 is 1. The summed E-state index contributed by atoms with van der Waals surface area (Å²) in [5, 5.41) is 3.73. The number of piperidine rings is 1. The van der Waals surface area contributed by atoms with Gasteiger partial charge < -0.3 is 14.6 Å². The maximum absolute atomic E-state index is 13.2. The van der Waals surface area contributed by atoms with Crippen LogP contribution in [0.25, 0.3) is 5.69 Å². The fourth-order valence-corrected chi connectivity index (χ4v) is 6.22. The van der Waals surface area contributed by atoms with Crippen molar-refractivity contribution in [3.8, 4) is 11.4 Å². The lowest BCUT2D eigenvalue weighted by Gasteiger charge is -2.46. The number of rotatable bonds is 3. The monoisotopic (exact) mass is 423 g/mol. The molecule has 6 nitrogen and oxygen atoms in total. The van der Waals surface area contributed by atoms with Crippen molar-refractivity contribution in [3.05, 3.63) is 72.1 Å². The fraction of sp³-hybridized carbons (Fsp3) is 0.304. The van der Waals surface area contributed by atoms with Crippen molar-refractivity contribution in [3.63, 3.8) is 0 Å². The van der Waals surface area contributed by atoms with E-state index in [1.165, 1.54) is 5.69 Å².